The van der Waals surface area contributed by atoms with E-state index >= 15 is 0 Å². The Bertz CT molecular complexity index is 151. The van der Waals surface area contributed by atoms with E-state index in [0.717, 1.165) is 0 Å². The van der Waals surface area contributed by atoms with Crippen LogP contribution in [0.5, 0.6) is 0 Å². The molecular weight excluding hydrogens is 219 g/mol. The molecule has 0 aliphatic heterocycles. The minimum atomic E-state index is -4.82. The summed E-state index contributed by atoms with van der Waals surface area (Å²) in [5, 5.41) is 7.53. The average Bonchev–Trinajstić information content (AvgIpc) is 1.21. The predicted molar refractivity (Wildman–Crippen MR) is 37.1 cm³/mol. The molecule has 9 heteroatoms. The summed E-state index contributed by atoms with van der Waals surface area (Å²) in [7, 11) is -4.82. The Morgan fingerprint density at radius 2 is 1.70 bits per heavy atom. The number of phosphoric acid groups is 1. The first-order valence-corrected chi connectivity index (χ1v) is 2.93. The zero-order valence-electron chi connectivity index (χ0n) is 8.93. The summed E-state index contributed by atoms with van der Waals surface area (Å²) in [4.78, 5) is 24.7. The van der Waals surface area contributed by atoms with Gasteiger partial charge in [-0.3, -0.25) is 9.79 Å². The van der Waals surface area contributed by atoms with E-state index in [4.69, 9.17) is 14.9 Å². The van der Waals surface area contributed by atoms with Crippen LogP contribution in [0, 0.1) is 0 Å². The van der Waals surface area contributed by atoms with Crippen LogP contribution in [0.2, 0.25) is 0 Å². The molecule has 0 amide bonds. The fraction of sp³-hybridized carbons (Fsp3) is 0. The molecule has 0 rings (SSSR count). The molecule has 0 aliphatic carbocycles. The van der Waals surface area contributed by atoms with Gasteiger partial charge in [0.1, 0.15) is 0 Å². The Kier molecular flexibility index (Phi) is 13.6. The second-order valence-corrected chi connectivity index (χ2v) is 2.01. The van der Waals surface area contributed by atoms with Crippen LogP contribution in [0.25, 0.3) is 0 Å². The molecule has 0 aromatic rings. The molecule has 0 aliphatic rings. The van der Waals surface area contributed by atoms with Gasteiger partial charge in [0.25, 0.3) is 0 Å². The van der Waals surface area contributed by atoms with E-state index in [1.165, 1.54) is 0 Å². The molecule has 0 atom stereocenters. The summed E-state index contributed by atoms with van der Waals surface area (Å²) in [6, 6.07) is 0. The fourth-order valence-corrected chi connectivity index (χ4v) is 0.305. The van der Waals surface area contributed by atoms with Gasteiger partial charge < -0.3 is 15.3 Å². The van der Waals surface area contributed by atoms with Gasteiger partial charge in [-0.25, -0.2) is 9.36 Å². The number of carboxylic acid groups (broad SMARTS) is 1. The number of carbonyl (C=O) groups is 1. The molecule has 0 fully saturated rings. The first-order valence-electron chi connectivity index (χ1n) is 1.40. The van der Waals surface area contributed by atoms with Crippen LogP contribution >= 0.6 is 7.82 Å². The molecular formula is CH7Ca2O6P. The molecule has 0 bridgehead atoms. The van der Waals surface area contributed by atoms with Crippen LogP contribution in [-0.4, -0.2) is 96.5 Å². The summed E-state index contributed by atoms with van der Waals surface area (Å²) >= 11 is 0. The molecule has 0 aromatic carbocycles. The van der Waals surface area contributed by atoms with Gasteiger partial charge in [0.05, 0.1) is 0 Å². The van der Waals surface area contributed by atoms with Gasteiger partial charge in [-0.15, -0.1) is 0 Å². The SMILES string of the molecule is O=C(O)OP(=O)(O)O.[Ca+2].[Ca+2].[H-].[H-].[H-].[H-]. The van der Waals surface area contributed by atoms with Crippen molar-refractivity contribution in [2.45, 2.75) is 0 Å². The molecule has 0 radical (unpaired) electrons. The Morgan fingerprint density at radius 1 is 1.40 bits per heavy atom. The average molecular weight is 226 g/mol. The van der Waals surface area contributed by atoms with E-state index in [9.17, 15) is 9.36 Å². The van der Waals surface area contributed by atoms with Crippen LogP contribution in [0.3, 0.4) is 0 Å². The van der Waals surface area contributed by atoms with Crippen molar-refractivity contribution in [3.8, 4) is 0 Å². The van der Waals surface area contributed by atoms with Gasteiger partial charge in [0.15, 0.2) is 0 Å². The molecule has 56 valence electrons. The maximum atomic E-state index is 9.53. The van der Waals surface area contributed by atoms with Gasteiger partial charge >= 0.3 is 89.5 Å². The van der Waals surface area contributed by atoms with Gasteiger partial charge in [-0.2, -0.15) is 0 Å². The van der Waals surface area contributed by atoms with Crippen molar-refractivity contribution in [1.82, 2.24) is 0 Å². The summed E-state index contributed by atoms with van der Waals surface area (Å²) in [6.07, 6.45) is -1.99. The molecule has 6 nitrogen and oxygen atoms in total. The molecule has 0 unspecified atom stereocenters. The smallest absolute Gasteiger partial charge is 1.00 e. The van der Waals surface area contributed by atoms with Crippen molar-refractivity contribution in [2.24, 2.45) is 0 Å². The van der Waals surface area contributed by atoms with Crippen molar-refractivity contribution in [3.05, 3.63) is 0 Å². The monoisotopic (exact) mass is 226 g/mol. The number of rotatable bonds is 1. The van der Waals surface area contributed by atoms with Crippen molar-refractivity contribution < 1.29 is 34.5 Å². The zero-order valence-corrected chi connectivity index (χ0v) is 10.2. The Balaban J connectivity index is -0.0000000163. The Hall–Kier alpha value is 1.94. The first kappa shape index (κ1) is 17.9. The van der Waals surface area contributed by atoms with Crippen molar-refractivity contribution in [1.29, 1.82) is 0 Å². The molecule has 0 heterocycles. The molecule has 0 aromatic heterocycles. The predicted octanol–water partition coefficient (Wildman–Crippen LogP) is -0.538. The maximum Gasteiger partial charge on any atom is 2.00 e. The Labute approximate surface area is 122 Å². The number of hydrogen-bond donors (Lipinski definition) is 3. The van der Waals surface area contributed by atoms with Crippen LogP contribution in [0.15, 0.2) is 0 Å². The van der Waals surface area contributed by atoms with E-state index in [2.05, 4.69) is 4.52 Å². The second-order valence-electron chi connectivity index (χ2n) is 0.848. The fourth-order valence-electron chi connectivity index (χ4n) is 0.102. The molecule has 0 saturated heterocycles. The largest absolute Gasteiger partial charge is 2.00 e. The van der Waals surface area contributed by atoms with Crippen molar-refractivity contribution in [2.75, 3.05) is 0 Å². The Morgan fingerprint density at radius 3 is 1.70 bits per heavy atom. The van der Waals surface area contributed by atoms with Gasteiger partial charge in [-0.05, 0) is 0 Å². The second kappa shape index (κ2) is 7.58. The summed E-state index contributed by atoms with van der Waals surface area (Å²) < 4.78 is 12.6. The van der Waals surface area contributed by atoms with E-state index in [1.807, 2.05) is 0 Å². The number of hydrogen-bond acceptors (Lipinski definition) is 3. The van der Waals surface area contributed by atoms with E-state index in [0.29, 0.717) is 0 Å². The summed E-state index contributed by atoms with van der Waals surface area (Å²) in [6.45, 7) is 0. The quantitative estimate of drug-likeness (QED) is 0.410. The maximum absolute atomic E-state index is 9.53. The van der Waals surface area contributed by atoms with Crippen LogP contribution in [0.1, 0.15) is 5.71 Å². The van der Waals surface area contributed by atoms with E-state index < -0.39 is 14.0 Å². The first-order chi connectivity index (χ1) is 3.42. The summed E-state index contributed by atoms with van der Waals surface area (Å²) in [5.74, 6) is 0. The zero-order chi connectivity index (χ0) is 6.78. The third kappa shape index (κ3) is 16.5. The van der Waals surface area contributed by atoms with Crippen LogP contribution in [0.4, 0.5) is 4.79 Å². The van der Waals surface area contributed by atoms with E-state index in [1.54, 1.807) is 0 Å². The topological polar surface area (TPSA) is 104 Å². The van der Waals surface area contributed by atoms with Crippen molar-refractivity contribution in [3.63, 3.8) is 0 Å². The minimum Gasteiger partial charge on any atom is -1.00 e. The van der Waals surface area contributed by atoms with Gasteiger partial charge in [-0.1, -0.05) is 0 Å². The molecule has 3 N–H and O–H groups in total. The number of phosphoric ester groups is 1. The third-order valence-electron chi connectivity index (χ3n) is 0.197. The normalized spacial score (nSPS) is 8.60. The van der Waals surface area contributed by atoms with Gasteiger partial charge in [0, 0.05) is 0 Å². The molecule has 0 saturated carbocycles. The molecule has 10 heavy (non-hydrogen) atoms. The third-order valence-corrected chi connectivity index (χ3v) is 0.591. The van der Waals surface area contributed by atoms with Crippen molar-refractivity contribution >= 4 is 89.5 Å². The van der Waals surface area contributed by atoms with Gasteiger partial charge in [0.2, 0.25) is 0 Å². The van der Waals surface area contributed by atoms with E-state index in [-0.39, 0.29) is 81.2 Å². The molecule has 0 spiro atoms. The van der Waals surface area contributed by atoms with Crippen LogP contribution in [-0.2, 0) is 9.09 Å². The minimum absolute atomic E-state index is 0. The standard InChI is InChI=1S/CH3O6P.2Ca.4H/c2-1(3)7-8(4,5)6;;;;;;/h(H,2,3)(H2,4,5,6);;;;;;/q;2*+2;4*-1. The van der Waals surface area contributed by atoms with Crippen LogP contribution < -0.4 is 0 Å². The summed E-state index contributed by atoms with van der Waals surface area (Å²) in [5.41, 5.74) is 0.